The number of allylic oxidation sites excluding steroid dienone is 3. The molecule has 1 heterocycles. The van der Waals surface area contributed by atoms with Gasteiger partial charge in [-0.2, -0.15) is 25.8 Å². The highest BCUT2D eigenvalue weighted by Gasteiger charge is 2.38. The third-order valence-electron chi connectivity index (χ3n) is 5.64. The number of halogens is 3. The number of carboxylic acids is 1. The number of nitrogens with two attached hydrogens (primary N) is 3. The summed E-state index contributed by atoms with van der Waals surface area (Å²) in [6.07, 6.45) is -0.226. The van der Waals surface area contributed by atoms with Crippen LogP contribution >= 0.6 is 12.6 Å². The molecule has 7 N–H and O–H groups in total. The number of benzene rings is 1. The van der Waals surface area contributed by atoms with E-state index in [1.807, 2.05) is 12.1 Å². The highest BCUT2D eigenvalue weighted by molar-refractivity contribution is 7.89. The van der Waals surface area contributed by atoms with Crippen LogP contribution in [0.25, 0.3) is 11.1 Å². The van der Waals surface area contributed by atoms with Gasteiger partial charge in [-0.3, -0.25) is 4.79 Å². The molecule has 1 aromatic carbocycles. The standard InChI is InChI=1S/C21H30N4O3S2.C5H12.C2HF3O2/c1-3-30(27,28)25-9-6-15(7-10-25)14(2)18-11-17(16(13-29)5-4-8-22)12-19(20(18)23)21(24)26;1-5(2,3)4;3-2(4,5)1(6)7/h4-5,11-13,15,29H,2-3,6-10,22-23H2,1H3,(H2,24,26);1-4H3;(H,6,7)/b5-4+,16-13+;;. The Morgan fingerprint density at radius 2 is 1.60 bits per heavy atom. The number of piperidine rings is 1. The van der Waals surface area contributed by atoms with Crippen molar-refractivity contribution in [1.29, 1.82) is 0 Å². The topological polar surface area (TPSA) is 170 Å². The summed E-state index contributed by atoms with van der Waals surface area (Å²) >= 11 is 4.26. The van der Waals surface area contributed by atoms with Crippen molar-refractivity contribution in [2.24, 2.45) is 22.8 Å². The minimum atomic E-state index is -5.08. The maximum absolute atomic E-state index is 12.1. The number of rotatable bonds is 8. The van der Waals surface area contributed by atoms with Crippen molar-refractivity contribution in [3.63, 3.8) is 0 Å². The first-order valence-electron chi connectivity index (χ1n) is 13.0. The highest BCUT2D eigenvalue weighted by atomic mass is 32.2. The minimum absolute atomic E-state index is 0.0506. The Bertz CT molecular complexity index is 1260. The van der Waals surface area contributed by atoms with Crippen LogP contribution in [0.3, 0.4) is 0 Å². The summed E-state index contributed by atoms with van der Waals surface area (Å²) in [7, 11) is -3.21. The van der Waals surface area contributed by atoms with Gasteiger partial charge in [0.1, 0.15) is 0 Å². The van der Waals surface area contributed by atoms with E-state index in [-0.39, 0.29) is 22.9 Å². The van der Waals surface area contributed by atoms with E-state index >= 15 is 0 Å². The van der Waals surface area contributed by atoms with Crippen LogP contribution in [-0.4, -0.2) is 61.3 Å². The van der Waals surface area contributed by atoms with E-state index in [1.54, 1.807) is 24.5 Å². The number of anilines is 1. The molecule has 42 heavy (non-hydrogen) atoms. The number of nitrogens with zero attached hydrogens (tertiary/aromatic N) is 1. The molecule has 0 aliphatic carbocycles. The summed E-state index contributed by atoms with van der Waals surface area (Å²) in [6, 6.07) is 3.50. The lowest BCUT2D eigenvalue weighted by molar-refractivity contribution is -0.192. The van der Waals surface area contributed by atoms with Crippen molar-refractivity contribution < 1.29 is 36.3 Å². The van der Waals surface area contributed by atoms with Gasteiger partial charge >= 0.3 is 12.1 Å². The lowest BCUT2D eigenvalue weighted by Crippen LogP contribution is -2.39. The smallest absolute Gasteiger partial charge is 0.475 e. The Morgan fingerprint density at radius 3 is 1.95 bits per heavy atom. The summed E-state index contributed by atoms with van der Waals surface area (Å²) in [5.74, 6) is -3.25. The van der Waals surface area contributed by atoms with Crippen LogP contribution in [0.2, 0.25) is 0 Å². The fourth-order valence-corrected chi connectivity index (χ4v) is 4.95. The summed E-state index contributed by atoms with van der Waals surface area (Å²) in [5.41, 5.74) is 21.3. The number of amides is 1. The van der Waals surface area contributed by atoms with Crippen LogP contribution in [0.1, 0.15) is 68.9 Å². The number of primary amides is 1. The van der Waals surface area contributed by atoms with E-state index in [9.17, 15) is 26.4 Å². The van der Waals surface area contributed by atoms with Gasteiger partial charge in [-0.1, -0.05) is 46.4 Å². The van der Waals surface area contributed by atoms with Gasteiger partial charge in [0, 0.05) is 25.2 Å². The SMILES string of the molecule is C=C(c1cc(C(/C=C/CN)=C/S)cc(C(N)=O)c1N)C1CCN(S(=O)(=O)CC)CC1.CC(C)(C)C.O=C(O)C(F)(F)F. The first-order chi connectivity index (χ1) is 19.1. The van der Waals surface area contributed by atoms with Crippen molar-refractivity contribution in [3.8, 4) is 0 Å². The number of sulfonamides is 1. The van der Waals surface area contributed by atoms with Crippen molar-refractivity contribution in [2.75, 3.05) is 31.1 Å². The first-order valence-corrected chi connectivity index (χ1v) is 15.1. The number of carbonyl (C=O) groups excluding carboxylic acids is 1. The normalized spacial score (nSPS) is 15.3. The zero-order chi connectivity index (χ0) is 33.1. The summed E-state index contributed by atoms with van der Waals surface area (Å²) in [5, 5.41) is 8.74. The van der Waals surface area contributed by atoms with Crippen molar-refractivity contribution in [2.45, 2.75) is 53.6 Å². The molecule has 0 radical (unpaired) electrons. The third-order valence-corrected chi connectivity index (χ3v) is 7.80. The van der Waals surface area contributed by atoms with Gasteiger partial charge in [0.2, 0.25) is 10.0 Å². The van der Waals surface area contributed by atoms with E-state index in [1.165, 1.54) is 4.31 Å². The Kier molecular flexibility index (Phi) is 15.6. The molecule has 0 saturated carbocycles. The highest BCUT2D eigenvalue weighted by Crippen LogP contribution is 2.37. The van der Waals surface area contributed by atoms with E-state index in [0.717, 1.165) is 16.7 Å². The van der Waals surface area contributed by atoms with E-state index in [4.69, 9.17) is 27.1 Å². The van der Waals surface area contributed by atoms with Gasteiger partial charge in [0.05, 0.1) is 17.0 Å². The molecular weight excluding hydrogens is 593 g/mol. The number of hydrogen-bond acceptors (Lipinski definition) is 7. The average Bonchev–Trinajstić information content (AvgIpc) is 2.88. The number of hydrogen-bond donors (Lipinski definition) is 5. The summed E-state index contributed by atoms with van der Waals surface area (Å²) < 4.78 is 57.5. The molecule has 238 valence electrons. The second kappa shape index (κ2) is 16.7. The average molecular weight is 637 g/mol. The number of nitrogen functional groups attached to an aromatic ring is 1. The fraction of sp³-hybridized carbons (Fsp3) is 0.500. The third kappa shape index (κ3) is 13.4. The van der Waals surface area contributed by atoms with Gasteiger partial charge in [0.15, 0.2) is 0 Å². The molecule has 1 aliphatic rings. The van der Waals surface area contributed by atoms with Crippen LogP contribution in [0.15, 0.2) is 36.3 Å². The summed E-state index contributed by atoms with van der Waals surface area (Å²) in [4.78, 5) is 20.9. The van der Waals surface area contributed by atoms with Crippen LogP contribution in [0.4, 0.5) is 18.9 Å². The van der Waals surface area contributed by atoms with Gasteiger partial charge < -0.3 is 22.3 Å². The molecule has 9 nitrogen and oxygen atoms in total. The van der Waals surface area contributed by atoms with Gasteiger partial charge in [-0.15, -0.1) is 0 Å². The van der Waals surface area contributed by atoms with Crippen molar-refractivity contribution in [3.05, 3.63) is 53.0 Å². The largest absolute Gasteiger partial charge is 0.490 e. The number of aliphatic carboxylic acids is 1. The Hall–Kier alpha value is -2.81. The van der Waals surface area contributed by atoms with E-state index in [2.05, 4.69) is 46.9 Å². The van der Waals surface area contributed by atoms with Crippen molar-refractivity contribution in [1.82, 2.24) is 4.31 Å². The Labute approximate surface area is 252 Å². The second-order valence-corrected chi connectivity index (χ2v) is 13.5. The maximum Gasteiger partial charge on any atom is 0.490 e. The predicted octanol–water partition coefficient (Wildman–Crippen LogP) is 4.91. The molecule has 0 atom stereocenters. The molecule has 1 aromatic rings. The molecule has 14 heteroatoms. The molecule has 2 rings (SSSR count). The molecule has 0 aromatic heterocycles. The number of carboxylic acid groups (broad SMARTS) is 1. The number of alkyl halides is 3. The van der Waals surface area contributed by atoms with E-state index < -0.39 is 28.1 Å². The van der Waals surface area contributed by atoms with Gasteiger partial charge in [-0.05, 0) is 65.3 Å². The molecular formula is C28H43F3N4O5S2. The van der Waals surface area contributed by atoms with Crippen LogP contribution in [0.5, 0.6) is 0 Å². The van der Waals surface area contributed by atoms with Gasteiger partial charge in [0.25, 0.3) is 5.91 Å². The quantitative estimate of drug-likeness (QED) is 0.153. The maximum atomic E-state index is 12.1. The molecule has 1 fully saturated rings. The van der Waals surface area contributed by atoms with Crippen LogP contribution < -0.4 is 17.2 Å². The second-order valence-electron chi connectivity index (χ2n) is 11.0. The lowest BCUT2D eigenvalue weighted by Gasteiger charge is -2.32. The Balaban J connectivity index is 0.00000117. The molecule has 1 amide bonds. The molecule has 1 saturated heterocycles. The van der Waals surface area contributed by atoms with Crippen LogP contribution in [0, 0.1) is 11.3 Å². The van der Waals surface area contributed by atoms with E-state index in [0.29, 0.717) is 43.5 Å². The molecule has 0 unspecified atom stereocenters. The van der Waals surface area contributed by atoms with Gasteiger partial charge in [-0.25, -0.2) is 17.5 Å². The molecule has 1 aliphatic heterocycles. The zero-order valence-corrected chi connectivity index (χ0v) is 26.4. The predicted molar refractivity (Wildman–Crippen MR) is 166 cm³/mol. The molecule has 0 spiro atoms. The zero-order valence-electron chi connectivity index (χ0n) is 24.7. The Morgan fingerprint density at radius 1 is 1.14 bits per heavy atom. The van der Waals surface area contributed by atoms with Crippen LogP contribution in [-0.2, 0) is 14.8 Å². The fourth-order valence-electron chi connectivity index (χ4n) is 3.58. The lowest BCUT2D eigenvalue weighted by atomic mass is 9.84. The van der Waals surface area contributed by atoms with Crippen molar-refractivity contribution >= 4 is 51.4 Å². The first kappa shape index (κ1) is 39.2. The monoisotopic (exact) mass is 636 g/mol. The molecule has 0 bridgehead atoms. The number of thiol groups is 1. The minimum Gasteiger partial charge on any atom is -0.475 e. The summed E-state index contributed by atoms with van der Waals surface area (Å²) in [6.45, 7) is 15.9. The number of carbonyl (C=O) groups is 2.